The second-order valence-corrected chi connectivity index (χ2v) is 3.81. The number of carbonyl (C=O) groups is 1. The van der Waals surface area contributed by atoms with Gasteiger partial charge in [-0.25, -0.2) is 0 Å². The molecule has 0 spiro atoms. The molecule has 0 bridgehead atoms. The van der Waals surface area contributed by atoms with Crippen LogP contribution < -0.4 is 0 Å². The number of carbonyl (C=O) groups excluding carboxylic acids is 1. The molecule has 82 valence electrons. The molecule has 0 aliphatic carbocycles. The van der Waals surface area contributed by atoms with Crippen LogP contribution >= 0.6 is 0 Å². The van der Waals surface area contributed by atoms with Gasteiger partial charge in [-0.1, -0.05) is 30.3 Å². The lowest BCUT2D eigenvalue weighted by Crippen LogP contribution is -2.02. The number of aryl methyl sites for hydroxylation is 1. The van der Waals surface area contributed by atoms with E-state index in [0.717, 1.165) is 11.1 Å². The molecule has 2 rings (SSSR count). The van der Waals surface area contributed by atoms with Gasteiger partial charge in [0.2, 0.25) is 0 Å². The molecule has 1 aromatic heterocycles. The summed E-state index contributed by atoms with van der Waals surface area (Å²) in [4.78, 5) is 10.9. The van der Waals surface area contributed by atoms with Crippen molar-refractivity contribution in [3.8, 4) is 11.1 Å². The van der Waals surface area contributed by atoms with Crippen molar-refractivity contribution in [2.24, 2.45) is 0 Å². The van der Waals surface area contributed by atoms with Gasteiger partial charge in [0.05, 0.1) is 6.20 Å². The van der Waals surface area contributed by atoms with Gasteiger partial charge in [0.15, 0.2) is 0 Å². The van der Waals surface area contributed by atoms with Crippen molar-refractivity contribution in [1.29, 1.82) is 0 Å². The maximum atomic E-state index is 10.9. The van der Waals surface area contributed by atoms with Crippen molar-refractivity contribution in [3.05, 3.63) is 42.7 Å². The largest absolute Gasteiger partial charge is 0.300 e. The molecule has 3 heteroatoms. The number of aromatic nitrogens is 2. The van der Waals surface area contributed by atoms with Gasteiger partial charge in [0.1, 0.15) is 5.78 Å². The molecule has 1 aromatic carbocycles. The van der Waals surface area contributed by atoms with E-state index >= 15 is 0 Å². The fraction of sp³-hybridized carbons (Fsp3) is 0.231. The first-order valence-corrected chi connectivity index (χ1v) is 5.33. The Bertz CT molecular complexity index is 474. The Morgan fingerprint density at radius 3 is 2.69 bits per heavy atom. The van der Waals surface area contributed by atoms with Crippen LogP contribution in [0.2, 0.25) is 0 Å². The number of benzene rings is 1. The van der Waals surface area contributed by atoms with E-state index in [9.17, 15) is 4.79 Å². The van der Waals surface area contributed by atoms with E-state index < -0.39 is 0 Å². The molecule has 0 atom stereocenters. The molecule has 1 heterocycles. The van der Waals surface area contributed by atoms with Crippen molar-refractivity contribution >= 4 is 5.78 Å². The SMILES string of the molecule is CC(=O)CCn1cc(-c2ccccc2)cn1. The van der Waals surface area contributed by atoms with Crippen LogP contribution in [-0.4, -0.2) is 15.6 Å². The van der Waals surface area contributed by atoms with Crippen LogP contribution in [0.15, 0.2) is 42.7 Å². The predicted octanol–water partition coefficient (Wildman–Crippen LogP) is 2.53. The minimum atomic E-state index is 0.191. The van der Waals surface area contributed by atoms with Crippen molar-refractivity contribution in [2.75, 3.05) is 0 Å². The molecule has 0 radical (unpaired) electrons. The first-order chi connectivity index (χ1) is 7.75. The second kappa shape index (κ2) is 4.75. The van der Waals surface area contributed by atoms with Gasteiger partial charge in [-0.05, 0) is 12.5 Å². The minimum absolute atomic E-state index is 0.191. The van der Waals surface area contributed by atoms with E-state index in [4.69, 9.17) is 0 Å². The summed E-state index contributed by atoms with van der Waals surface area (Å²) >= 11 is 0. The van der Waals surface area contributed by atoms with Crippen LogP contribution in [0.1, 0.15) is 13.3 Å². The molecule has 2 aromatic rings. The third kappa shape index (κ3) is 2.57. The Labute approximate surface area is 94.7 Å². The van der Waals surface area contributed by atoms with Gasteiger partial charge in [-0.2, -0.15) is 5.10 Å². The van der Waals surface area contributed by atoms with Crippen LogP contribution in [0.3, 0.4) is 0 Å². The number of ketones is 1. The molecule has 0 saturated carbocycles. The third-order valence-electron chi connectivity index (χ3n) is 2.43. The van der Waals surface area contributed by atoms with Crippen molar-refractivity contribution in [2.45, 2.75) is 19.9 Å². The van der Waals surface area contributed by atoms with Gasteiger partial charge in [-0.3, -0.25) is 9.48 Å². The molecule has 0 aliphatic heterocycles. The van der Waals surface area contributed by atoms with Crippen LogP contribution in [0.4, 0.5) is 0 Å². The second-order valence-electron chi connectivity index (χ2n) is 3.81. The lowest BCUT2D eigenvalue weighted by Gasteiger charge is -1.97. The highest BCUT2D eigenvalue weighted by Gasteiger charge is 2.01. The zero-order valence-electron chi connectivity index (χ0n) is 9.26. The van der Waals surface area contributed by atoms with Crippen molar-refractivity contribution in [1.82, 2.24) is 9.78 Å². The lowest BCUT2D eigenvalue weighted by atomic mass is 10.1. The van der Waals surface area contributed by atoms with E-state index in [1.165, 1.54) is 0 Å². The lowest BCUT2D eigenvalue weighted by molar-refractivity contribution is -0.117. The molecular formula is C13H14N2O. The standard InChI is InChI=1S/C13H14N2O/c1-11(16)7-8-15-10-13(9-14-15)12-5-3-2-4-6-12/h2-6,9-10H,7-8H2,1H3. The Balaban J connectivity index is 2.11. The number of Topliss-reactive ketones (excluding diaryl/α,β-unsaturated/α-hetero) is 1. The highest BCUT2D eigenvalue weighted by Crippen LogP contribution is 2.17. The summed E-state index contributed by atoms with van der Waals surface area (Å²) in [5, 5.41) is 4.23. The van der Waals surface area contributed by atoms with Gasteiger partial charge in [0, 0.05) is 24.7 Å². The summed E-state index contributed by atoms with van der Waals surface area (Å²) in [6.07, 6.45) is 4.34. The molecule has 3 nitrogen and oxygen atoms in total. The highest BCUT2D eigenvalue weighted by atomic mass is 16.1. The van der Waals surface area contributed by atoms with Gasteiger partial charge >= 0.3 is 0 Å². The van der Waals surface area contributed by atoms with Crippen LogP contribution in [0, 0.1) is 0 Å². The first kappa shape index (κ1) is 10.6. The van der Waals surface area contributed by atoms with Gasteiger partial charge in [-0.15, -0.1) is 0 Å². The predicted molar refractivity (Wildman–Crippen MR) is 63.0 cm³/mol. The number of nitrogens with zero attached hydrogens (tertiary/aromatic N) is 2. The average Bonchev–Trinajstić information content (AvgIpc) is 2.76. The molecule has 0 unspecified atom stereocenters. The third-order valence-corrected chi connectivity index (χ3v) is 2.43. The number of rotatable bonds is 4. The maximum Gasteiger partial charge on any atom is 0.131 e. The topological polar surface area (TPSA) is 34.9 Å². The molecule has 0 amide bonds. The van der Waals surface area contributed by atoms with Gasteiger partial charge < -0.3 is 0 Å². The Morgan fingerprint density at radius 1 is 1.25 bits per heavy atom. The summed E-state index contributed by atoms with van der Waals surface area (Å²) in [7, 11) is 0. The summed E-state index contributed by atoms with van der Waals surface area (Å²) in [5.41, 5.74) is 2.24. The van der Waals surface area contributed by atoms with Gasteiger partial charge in [0.25, 0.3) is 0 Å². The summed E-state index contributed by atoms with van der Waals surface area (Å²) in [6, 6.07) is 10.1. The Hall–Kier alpha value is -1.90. The zero-order chi connectivity index (χ0) is 11.4. The molecule has 0 aliphatic rings. The van der Waals surface area contributed by atoms with Crippen LogP contribution in [0.5, 0.6) is 0 Å². The first-order valence-electron chi connectivity index (χ1n) is 5.33. The molecule has 0 fully saturated rings. The quantitative estimate of drug-likeness (QED) is 0.783. The summed E-state index contributed by atoms with van der Waals surface area (Å²) < 4.78 is 1.81. The maximum absolute atomic E-state index is 10.9. The minimum Gasteiger partial charge on any atom is -0.300 e. The van der Waals surface area contributed by atoms with E-state index in [1.807, 2.05) is 47.4 Å². The van der Waals surface area contributed by atoms with E-state index in [1.54, 1.807) is 6.92 Å². The number of hydrogen-bond acceptors (Lipinski definition) is 2. The fourth-order valence-corrected chi connectivity index (χ4v) is 1.54. The molecule has 0 saturated heterocycles. The molecular weight excluding hydrogens is 200 g/mol. The van der Waals surface area contributed by atoms with Crippen LogP contribution in [0.25, 0.3) is 11.1 Å². The fourth-order valence-electron chi connectivity index (χ4n) is 1.54. The molecule has 0 N–H and O–H groups in total. The zero-order valence-corrected chi connectivity index (χ0v) is 9.26. The smallest absolute Gasteiger partial charge is 0.131 e. The highest BCUT2D eigenvalue weighted by molar-refractivity contribution is 5.75. The monoisotopic (exact) mass is 214 g/mol. The molecule has 16 heavy (non-hydrogen) atoms. The average molecular weight is 214 g/mol. The van der Waals surface area contributed by atoms with E-state index in [0.29, 0.717) is 13.0 Å². The van der Waals surface area contributed by atoms with Crippen LogP contribution in [-0.2, 0) is 11.3 Å². The van der Waals surface area contributed by atoms with Crippen molar-refractivity contribution < 1.29 is 4.79 Å². The van der Waals surface area contributed by atoms with E-state index in [-0.39, 0.29) is 5.78 Å². The Kier molecular flexibility index (Phi) is 3.15. The normalized spacial score (nSPS) is 10.3. The Morgan fingerprint density at radius 2 is 2.00 bits per heavy atom. The summed E-state index contributed by atoms with van der Waals surface area (Å²) in [6.45, 7) is 2.25. The van der Waals surface area contributed by atoms with E-state index in [2.05, 4.69) is 5.10 Å². The number of hydrogen-bond donors (Lipinski definition) is 0. The van der Waals surface area contributed by atoms with Crippen molar-refractivity contribution in [3.63, 3.8) is 0 Å². The summed E-state index contributed by atoms with van der Waals surface area (Å²) in [5.74, 6) is 0.191.